The summed E-state index contributed by atoms with van der Waals surface area (Å²) in [6, 6.07) is 0. The Morgan fingerprint density at radius 2 is 0.933 bits per heavy atom. The van der Waals surface area contributed by atoms with E-state index in [0.717, 1.165) is 26.2 Å². The topological polar surface area (TPSA) is 6.48 Å². The average molecular weight is 222 g/mol. The van der Waals surface area contributed by atoms with Crippen LogP contribution >= 0.6 is 0 Å². The molecule has 0 fully saturated rings. The van der Waals surface area contributed by atoms with Crippen LogP contribution in [0.1, 0.15) is 0 Å². The molecule has 0 aromatic rings. The first-order valence-electron chi connectivity index (χ1n) is 5.16. The van der Waals surface area contributed by atoms with Gasteiger partial charge in [-0.3, -0.25) is 0 Å². The number of hydrogen-bond acceptors (Lipinski definition) is 2. The highest BCUT2D eigenvalue weighted by Crippen LogP contribution is 1.93. The molecule has 0 saturated carbocycles. The molecule has 0 spiro atoms. The lowest BCUT2D eigenvalue weighted by Gasteiger charge is -2.26. The summed E-state index contributed by atoms with van der Waals surface area (Å²) in [6.45, 7) is 18.8. The normalized spacial score (nSPS) is 10.3. The molecule has 2 nitrogen and oxygen atoms in total. The van der Waals surface area contributed by atoms with E-state index in [4.69, 9.17) is 0 Å². The minimum atomic E-state index is -0.423. The van der Waals surface area contributed by atoms with Gasteiger partial charge in [0, 0.05) is 26.2 Å². The van der Waals surface area contributed by atoms with Gasteiger partial charge in [0.1, 0.15) is 0 Å². The van der Waals surface area contributed by atoms with Crippen LogP contribution < -0.4 is 0 Å². The van der Waals surface area contributed by atoms with Gasteiger partial charge in [0.15, 0.2) is 9.84 Å². The van der Waals surface area contributed by atoms with Crippen molar-refractivity contribution in [3.63, 3.8) is 0 Å². The summed E-state index contributed by atoms with van der Waals surface area (Å²) in [4.78, 5) is 0. The van der Waals surface area contributed by atoms with Crippen LogP contribution in [0.3, 0.4) is 0 Å². The molecule has 0 aromatic carbocycles. The molecule has 0 bridgehead atoms. The Morgan fingerprint density at radius 3 is 1.13 bits per heavy atom. The smallest absolute Gasteiger partial charge is 0.174 e. The predicted molar refractivity (Wildman–Crippen MR) is 72.5 cm³/mol. The van der Waals surface area contributed by atoms with Crippen molar-refractivity contribution in [3.8, 4) is 0 Å². The van der Waals surface area contributed by atoms with Crippen LogP contribution in [0, 0.1) is 0 Å². The van der Waals surface area contributed by atoms with Crippen LogP contribution in [-0.2, 0) is 0 Å². The third-order valence-corrected chi connectivity index (χ3v) is 3.78. The molecule has 0 aliphatic rings. The number of nitrogens with zero attached hydrogens (tertiary/aromatic N) is 2. The summed E-state index contributed by atoms with van der Waals surface area (Å²) in [5, 5.41) is 0. The lowest BCUT2D eigenvalue weighted by Crippen LogP contribution is -2.42. The Morgan fingerprint density at radius 1 is 0.667 bits per heavy atom. The van der Waals surface area contributed by atoms with Crippen molar-refractivity contribution in [2.24, 2.45) is 0 Å². The van der Waals surface area contributed by atoms with E-state index in [1.807, 2.05) is 24.3 Å². The Kier molecular flexibility index (Phi) is 9.06. The van der Waals surface area contributed by atoms with Gasteiger partial charge in [-0.05, 0) is 0 Å². The minimum absolute atomic E-state index is 0.423. The van der Waals surface area contributed by atoms with E-state index < -0.39 is 9.84 Å². The fraction of sp³-hybridized carbons (Fsp3) is 0.333. The van der Waals surface area contributed by atoms with Crippen molar-refractivity contribution in [3.05, 3.63) is 50.6 Å². The van der Waals surface area contributed by atoms with E-state index in [1.165, 1.54) is 0 Å². The highest BCUT2D eigenvalue weighted by molar-refractivity contribution is 6.28. The van der Waals surface area contributed by atoms with Gasteiger partial charge >= 0.3 is 0 Å². The van der Waals surface area contributed by atoms with E-state index in [2.05, 4.69) is 35.4 Å². The molecular formula is C12H22N2Si. The summed E-state index contributed by atoms with van der Waals surface area (Å²) in [5.41, 5.74) is 0. The van der Waals surface area contributed by atoms with E-state index in [1.54, 1.807) is 0 Å². The second kappa shape index (κ2) is 9.64. The van der Waals surface area contributed by atoms with Crippen molar-refractivity contribution in [2.45, 2.75) is 0 Å². The van der Waals surface area contributed by atoms with Crippen LogP contribution in [0.25, 0.3) is 0 Å². The second-order valence-corrected chi connectivity index (χ2v) is 5.44. The highest BCUT2D eigenvalue weighted by atomic mass is 28.2. The zero-order valence-corrected chi connectivity index (χ0v) is 11.0. The minimum Gasteiger partial charge on any atom is -0.310 e. The third kappa shape index (κ3) is 7.08. The molecule has 0 rings (SSSR count). The fourth-order valence-electron chi connectivity index (χ4n) is 1.39. The first-order valence-corrected chi connectivity index (χ1v) is 6.43. The molecule has 84 valence electrons. The molecule has 15 heavy (non-hydrogen) atoms. The van der Waals surface area contributed by atoms with Crippen molar-refractivity contribution in [1.29, 1.82) is 0 Å². The van der Waals surface area contributed by atoms with Crippen molar-refractivity contribution < 1.29 is 0 Å². The van der Waals surface area contributed by atoms with Crippen molar-refractivity contribution in [2.75, 3.05) is 26.2 Å². The van der Waals surface area contributed by atoms with E-state index >= 15 is 0 Å². The average Bonchev–Trinajstić information content (AvgIpc) is 2.19. The Balaban J connectivity index is 4.15. The summed E-state index contributed by atoms with van der Waals surface area (Å²) in [5.74, 6) is 0. The molecule has 0 N–H and O–H groups in total. The second-order valence-electron chi connectivity index (χ2n) is 3.37. The largest absolute Gasteiger partial charge is 0.310 e. The van der Waals surface area contributed by atoms with Gasteiger partial charge in [0.2, 0.25) is 0 Å². The maximum absolute atomic E-state index is 3.77. The number of rotatable bonds is 10. The Bertz CT molecular complexity index is 172. The first kappa shape index (κ1) is 14.1. The van der Waals surface area contributed by atoms with Crippen molar-refractivity contribution >= 4 is 9.84 Å². The highest BCUT2D eigenvalue weighted by Gasteiger charge is 2.07. The monoisotopic (exact) mass is 222 g/mol. The van der Waals surface area contributed by atoms with Crippen LogP contribution in [0.4, 0.5) is 0 Å². The zero-order valence-electron chi connectivity index (χ0n) is 9.57. The van der Waals surface area contributed by atoms with Crippen molar-refractivity contribution in [1.82, 2.24) is 9.13 Å². The molecule has 0 saturated heterocycles. The van der Waals surface area contributed by atoms with Gasteiger partial charge in [0.25, 0.3) is 0 Å². The van der Waals surface area contributed by atoms with E-state index in [-0.39, 0.29) is 0 Å². The Labute approximate surface area is 96.2 Å². The summed E-state index contributed by atoms with van der Waals surface area (Å²) < 4.78 is 4.79. The zero-order chi connectivity index (χ0) is 11.5. The van der Waals surface area contributed by atoms with Crippen LogP contribution in [0.5, 0.6) is 0 Å². The first-order chi connectivity index (χ1) is 7.28. The molecule has 0 unspecified atom stereocenters. The molecule has 0 aliphatic heterocycles. The van der Waals surface area contributed by atoms with Crippen LogP contribution in [0.15, 0.2) is 50.6 Å². The predicted octanol–water partition coefficient (Wildman–Crippen LogP) is 1.33. The maximum Gasteiger partial charge on any atom is 0.174 e. The fourth-order valence-corrected chi connectivity index (χ4v) is 3.15. The standard InChI is InChI=1S/C12H22N2Si/c1-5-9-13(10-6-2)15-14(11-7-3)12-8-4/h5-8H,1-4,9-12,15H2. The molecular weight excluding hydrogens is 200 g/mol. The molecule has 0 heterocycles. The summed E-state index contributed by atoms with van der Waals surface area (Å²) in [7, 11) is -0.423. The van der Waals surface area contributed by atoms with Gasteiger partial charge in [0.05, 0.1) is 0 Å². The molecule has 0 amide bonds. The van der Waals surface area contributed by atoms with Gasteiger partial charge < -0.3 is 9.13 Å². The summed E-state index contributed by atoms with van der Waals surface area (Å²) >= 11 is 0. The van der Waals surface area contributed by atoms with Gasteiger partial charge in [-0.1, -0.05) is 24.3 Å². The molecule has 0 radical (unpaired) electrons. The quantitative estimate of drug-likeness (QED) is 0.406. The maximum atomic E-state index is 3.77. The molecule has 3 heteroatoms. The number of hydrogen-bond donors (Lipinski definition) is 0. The molecule has 0 aliphatic carbocycles. The van der Waals surface area contributed by atoms with Crippen LogP contribution in [-0.4, -0.2) is 45.2 Å². The summed E-state index contributed by atoms with van der Waals surface area (Å²) in [6.07, 6.45) is 7.76. The Hall–Kier alpha value is -0.903. The van der Waals surface area contributed by atoms with Crippen LogP contribution in [0.2, 0.25) is 0 Å². The molecule has 0 aromatic heterocycles. The lowest BCUT2D eigenvalue weighted by molar-refractivity contribution is 0.445. The van der Waals surface area contributed by atoms with E-state index in [0.29, 0.717) is 0 Å². The van der Waals surface area contributed by atoms with Gasteiger partial charge in [-0.2, -0.15) is 0 Å². The molecule has 0 atom stereocenters. The van der Waals surface area contributed by atoms with Gasteiger partial charge in [-0.25, -0.2) is 0 Å². The lowest BCUT2D eigenvalue weighted by atomic mass is 10.5. The van der Waals surface area contributed by atoms with Gasteiger partial charge in [-0.15, -0.1) is 26.3 Å². The van der Waals surface area contributed by atoms with E-state index in [9.17, 15) is 0 Å². The SMILES string of the molecule is C=CCN(CC=C)[SiH2]N(CC=C)CC=C. The third-order valence-electron chi connectivity index (χ3n) is 1.95.